The van der Waals surface area contributed by atoms with E-state index >= 15 is 0 Å². The van der Waals surface area contributed by atoms with Crippen molar-refractivity contribution < 1.29 is 20.1 Å². The maximum atomic E-state index is 12.6. The van der Waals surface area contributed by atoms with Crippen molar-refractivity contribution in [2.24, 2.45) is 46.3 Å². The second kappa shape index (κ2) is 10.7. The standard InChI is InChI=1S/C30H46N2O4.ClH/c1-17(7-10-27(36)32-20-6-4-5-19(31)15-20)22-8-9-23-28-24(16-26(35)30(22,23)3)29(2)12-11-21(33)13-18(29)14-25(28)34;/h4-6,15,17-18,21-26,28,33-35H,7-14,16,31H2,1-3H3,(H,32,36);1H/t17-,18+,21-,22-,23+,24+,25-,26+,28+,29+,30-;/m1./s1. The number of nitrogen functional groups attached to an aromatic ring is 1. The van der Waals surface area contributed by atoms with E-state index in [1.807, 2.05) is 12.1 Å². The molecule has 6 N–H and O–H groups in total. The van der Waals surface area contributed by atoms with Gasteiger partial charge in [-0.25, -0.2) is 0 Å². The van der Waals surface area contributed by atoms with Crippen LogP contribution >= 0.6 is 12.4 Å². The molecule has 6 nitrogen and oxygen atoms in total. The normalized spacial score (nSPS) is 43.5. The summed E-state index contributed by atoms with van der Waals surface area (Å²) < 4.78 is 0. The molecule has 5 rings (SSSR count). The smallest absolute Gasteiger partial charge is 0.224 e. The zero-order valence-corrected chi connectivity index (χ0v) is 23.4. The van der Waals surface area contributed by atoms with Crippen LogP contribution in [0.5, 0.6) is 0 Å². The van der Waals surface area contributed by atoms with Gasteiger partial charge in [-0.2, -0.15) is 0 Å². The Kier molecular flexibility index (Phi) is 8.27. The fraction of sp³-hybridized carbons (Fsp3) is 0.767. The predicted octanol–water partition coefficient (Wildman–Crippen LogP) is 5.01. The van der Waals surface area contributed by atoms with E-state index < -0.39 is 6.10 Å². The lowest BCUT2D eigenvalue weighted by molar-refractivity contribution is -0.207. The summed E-state index contributed by atoms with van der Waals surface area (Å²) in [6, 6.07) is 7.26. The van der Waals surface area contributed by atoms with Gasteiger partial charge in [-0.1, -0.05) is 26.8 Å². The molecule has 0 spiro atoms. The Balaban J connectivity index is 0.00000320. The molecule has 0 aliphatic heterocycles. The number of hydrogen-bond acceptors (Lipinski definition) is 5. The molecule has 0 aromatic heterocycles. The summed E-state index contributed by atoms with van der Waals surface area (Å²) in [6.07, 6.45) is 6.45. The van der Waals surface area contributed by atoms with Gasteiger partial charge in [0.1, 0.15) is 0 Å². The SMILES string of the molecule is C[C@H](CCC(=O)Nc1cccc(N)c1)[C@H]1CC[C@H]2[C@@H]3[C@H](O)C[C@@H]4C[C@H](O)CC[C@]4(C)[C@H]3C[C@H](O)[C@]12C.Cl. The number of fused-ring (bicyclic) bond motifs is 5. The van der Waals surface area contributed by atoms with Crippen molar-refractivity contribution in [1.82, 2.24) is 0 Å². The first-order valence-electron chi connectivity index (χ1n) is 14.2. The summed E-state index contributed by atoms with van der Waals surface area (Å²) in [6.45, 7) is 6.88. The first-order chi connectivity index (χ1) is 17.0. The van der Waals surface area contributed by atoms with Crippen molar-refractivity contribution in [2.45, 2.75) is 96.9 Å². The van der Waals surface area contributed by atoms with Crippen LogP contribution in [0, 0.1) is 46.3 Å². The van der Waals surface area contributed by atoms with Crippen LogP contribution in [0.3, 0.4) is 0 Å². The summed E-state index contributed by atoms with van der Waals surface area (Å²) >= 11 is 0. The molecule has 0 bridgehead atoms. The van der Waals surface area contributed by atoms with Crippen molar-refractivity contribution in [3.63, 3.8) is 0 Å². The van der Waals surface area contributed by atoms with E-state index in [0.29, 0.717) is 41.7 Å². The number of nitrogens with two attached hydrogens (primary N) is 1. The van der Waals surface area contributed by atoms with E-state index in [0.717, 1.165) is 57.1 Å². The van der Waals surface area contributed by atoms with Crippen molar-refractivity contribution in [2.75, 3.05) is 11.1 Å². The molecular weight excluding hydrogens is 488 g/mol. The minimum atomic E-state index is -0.394. The highest BCUT2D eigenvalue weighted by molar-refractivity contribution is 5.91. The second-order valence-corrected chi connectivity index (χ2v) is 13.2. The molecule has 7 heteroatoms. The average molecular weight is 535 g/mol. The van der Waals surface area contributed by atoms with Crippen molar-refractivity contribution in [3.8, 4) is 0 Å². The maximum Gasteiger partial charge on any atom is 0.224 e. The third kappa shape index (κ3) is 4.92. The number of halogens is 1. The van der Waals surface area contributed by atoms with Gasteiger partial charge in [-0.15, -0.1) is 12.4 Å². The monoisotopic (exact) mass is 534 g/mol. The largest absolute Gasteiger partial charge is 0.399 e. The molecule has 0 heterocycles. The molecular formula is C30H47ClN2O4. The van der Waals surface area contributed by atoms with Gasteiger partial charge in [0, 0.05) is 17.8 Å². The fourth-order valence-corrected chi connectivity index (χ4v) is 9.53. The number of rotatable bonds is 5. The van der Waals surface area contributed by atoms with Gasteiger partial charge >= 0.3 is 0 Å². The highest BCUT2D eigenvalue weighted by Gasteiger charge is 2.65. The number of carbonyl (C=O) groups is 1. The van der Waals surface area contributed by atoms with Crippen LogP contribution in [-0.2, 0) is 4.79 Å². The van der Waals surface area contributed by atoms with Gasteiger partial charge in [-0.05, 0) is 116 Å². The first kappa shape index (κ1) is 28.7. The maximum absolute atomic E-state index is 12.6. The molecule has 4 fully saturated rings. The van der Waals surface area contributed by atoms with Crippen LogP contribution in [0.1, 0.15) is 78.6 Å². The third-order valence-electron chi connectivity index (χ3n) is 11.5. The lowest BCUT2D eigenvalue weighted by Crippen LogP contribution is -2.62. The Bertz CT molecular complexity index is 977. The number of anilines is 2. The quantitative estimate of drug-likeness (QED) is 0.341. The van der Waals surface area contributed by atoms with E-state index in [4.69, 9.17) is 5.73 Å². The minimum absolute atomic E-state index is 0. The number of carbonyl (C=O) groups excluding carboxylic acids is 1. The zero-order chi connectivity index (χ0) is 25.8. The molecule has 208 valence electrons. The van der Waals surface area contributed by atoms with E-state index in [9.17, 15) is 20.1 Å². The molecule has 1 aromatic rings. The second-order valence-electron chi connectivity index (χ2n) is 13.2. The molecule has 37 heavy (non-hydrogen) atoms. The van der Waals surface area contributed by atoms with Crippen molar-refractivity contribution in [1.29, 1.82) is 0 Å². The van der Waals surface area contributed by atoms with E-state index in [1.165, 1.54) is 0 Å². The van der Waals surface area contributed by atoms with Crippen LogP contribution in [0.4, 0.5) is 11.4 Å². The van der Waals surface area contributed by atoms with Crippen molar-refractivity contribution in [3.05, 3.63) is 24.3 Å². The Morgan fingerprint density at radius 2 is 1.86 bits per heavy atom. The van der Waals surface area contributed by atoms with Gasteiger partial charge in [0.2, 0.25) is 5.91 Å². The number of nitrogens with one attached hydrogen (secondary N) is 1. The molecule has 0 unspecified atom stereocenters. The van der Waals surface area contributed by atoms with Crippen LogP contribution in [0.2, 0.25) is 0 Å². The Hall–Kier alpha value is -1.34. The highest BCUT2D eigenvalue weighted by atomic mass is 35.5. The molecule has 1 aromatic carbocycles. The van der Waals surface area contributed by atoms with Gasteiger partial charge in [0.25, 0.3) is 0 Å². The molecule has 0 radical (unpaired) electrons. The molecule has 0 saturated heterocycles. The number of aliphatic hydroxyl groups is 3. The molecule has 1 amide bonds. The fourth-order valence-electron chi connectivity index (χ4n) is 9.53. The van der Waals surface area contributed by atoms with Gasteiger partial charge in [0.05, 0.1) is 18.3 Å². The predicted molar refractivity (Wildman–Crippen MR) is 149 cm³/mol. The third-order valence-corrected chi connectivity index (χ3v) is 11.5. The van der Waals surface area contributed by atoms with E-state index in [1.54, 1.807) is 12.1 Å². The van der Waals surface area contributed by atoms with Crippen LogP contribution in [-0.4, -0.2) is 39.5 Å². The Labute approximate surface area is 228 Å². The van der Waals surface area contributed by atoms with E-state index in [2.05, 4.69) is 26.1 Å². The molecule has 4 aliphatic rings. The lowest BCUT2D eigenvalue weighted by Gasteiger charge is -2.63. The van der Waals surface area contributed by atoms with Gasteiger partial charge in [0.15, 0.2) is 0 Å². The molecule has 4 saturated carbocycles. The highest BCUT2D eigenvalue weighted by Crippen LogP contribution is 2.68. The Morgan fingerprint density at radius 3 is 2.59 bits per heavy atom. The average Bonchev–Trinajstić information content (AvgIpc) is 3.18. The summed E-state index contributed by atoms with van der Waals surface area (Å²) in [7, 11) is 0. The summed E-state index contributed by atoms with van der Waals surface area (Å²) in [5.41, 5.74) is 7.04. The summed E-state index contributed by atoms with van der Waals surface area (Å²) in [5, 5.41) is 36.4. The Morgan fingerprint density at radius 1 is 1.11 bits per heavy atom. The van der Waals surface area contributed by atoms with E-state index in [-0.39, 0.29) is 47.3 Å². The number of amides is 1. The number of aliphatic hydroxyl groups excluding tert-OH is 3. The minimum Gasteiger partial charge on any atom is -0.399 e. The molecule has 11 atom stereocenters. The lowest BCUT2D eigenvalue weighted by atomic mass is 9.43. The molecule has 4 aliphatic carbocycles. The topological polar surface area (TPSA) is 116 Å². The zero-order valence-electron chi connectivity index (χ0n) is 22.6. The van der Waals surface area contributed by atoms with Crippen LogP contribution in [0.15, 0.2) is 24.3 Å². The number of hydrogen-bond donors (Lipinski definition) is 5. The first-order valence-corrected chi connectivity index (χ1v) is 14.2. The number of benzene rings is 1. The summed E-state index contributed by atoms with van der Waals surface area (Å²) in [5.74, 6) is 1.82. The van der Waals surface area contributed by atoms with Gasteiger partial charge < -0.3 is 26.4 Å². The van der Waals surface area contributed by atoms with Gasteiger partial charge in [-0.3, -0.25) is 4.79 Å². The van der Waals surface area contributed by atoms with Crippen LogP contribution in [0.25, 0.3) is 0 Å². The van der Waals surface area contributed by atoms with Crippen LogP contribution < -0.4 is 11.1 Å². The summed E-state index contributed by atoms with van der Waals surface area (Å²) in [4.78, 5) is 12.6. The van der Waals surface area contributed by atoms with Crippen molar-refractivity contribution >= 4 is 29.7 Å².